The predicted molar refractivity (Wildman–Crippen MR) is 195 cm³/mol. The number of hydrogen-bond acceptors (Lipinski definition) is 10. The normalized spacial score (nSPS) is 18.8. The molecular weight excluding hydrogens is 740 g/mol. The Hall–Kier alpha value is -4.01. The summed E-state index contributed by atoms with van der Waals surface area (Å²) < 4.78 is 73.9. The van der Waals surface area contributed by atoms with Crippen molar-refractivity contribution in [2.75, 3.05) is 55.6 Å². The van der Waals surface area contributed by atoms with Crippen LogP contribution in [-0.2, 0) is 35.8 Å². The minimum absolute atomic E-state index is 0.0671. The molecule has 0 saturated heterocycles. The monoisotopic (exact) mass is 780 g/mol. The van der Waals surface area contributed by atoms with Gasteiger partial charge in [-0.3, -0.25) is 14.4 Å². The van der Waals surface area contributed by atoms with Gasteiger partial charge in [0, 0.05) is 36.8 Å². The summed E-state index contributed by atoms with van der Waals surface area (Å²) in [6.07, 6.45) is 2.40. The minimum Gasteiger partial charge on any atom is -0.493 e. The maximum atomic E-state index is 12.9. The SMILES string of the molecule is COc1cc(S(=O)(=O)O)c2cc1Oc1ccc(cc1)C[C@H]1c3cc(c(OC)cc3CCN1C)Oc1c(OC)c(OC)c(Br)c3c1[C@H](C2)N(C)CC3. The van der Waals surface area contributed by atoms with Gasteiger partial charge in [0.05, 0.1) is 32.9 Å². The van der Waals surface area contributed by atoms with Crippen molar-refractivity contribution in [2.45, 2.75) is 42.7 Å². The van der Waals surface area contributed by atoms with Crippen LogP contribution in [0.1, 0.15) is 45.5 Å². The fourth-order valence-electron chi connectivity index (χ4n) is 7.63. The molecule has 0 spiro atoms. The van der Waals surface area contributed by atoms with Gasteiger partial charge in [-0.15, -0.1) is 0 Å². The van der Waals surface area contributed by atoms with Gasteiger partial charge in [0.2, 0.25) is 5.75 Å². The van der Waals surface area contributed by atoms with Crippen molar-refractivity contribution >= 4 is 26.0 Å². The van der Waals surface area contributed by atoms with E-state index in [1.807, 2.05) is 31.3 Å². The van der Waals surface area contributed by atoms with Gasteiger partial charge < -0.3 is 28.4 Å². The van der Waals surface area contributed by atoms with E-state index in [1.165, 1.54) is 18.7 Å². The van der Waals surface area contributed by atoms with Crippen molar-refractivity contribution in [1.82, 2.24) is 9.80 Å². The lowest BCUT2D eigenvalue weighted by Crippen LogP contribution is -2.34. The van der Waals surface area contributed by atoms with E-state index >= 15 is 0 Å². The predicted octanol–water partition coefficient (Wildman–Crippen LogP) is 7.17. The maximum Gasteiger partial charge on any atom is 0.294 e. The lowest BCUT2D eigenvalue weighted by atomic mass is 9.87. The first-order valence-electron chi connectivity index (χ1n) is 16.7. The second-order valence-corrected chi connectivity index (χ2v) is 15.3. The smallest absolute Gasteiger partial charge is 0.294 e. The Morgan fingerprint density at radius 2 is 1.41 bits per heavy atom. The molecule has 13 heteroatoms. The molecule has 0 saturated carbocycles. The van der Waals surface area contributed by atoms with Crippen LogP contribution < -0.4 is 28.4 Å². The Morgan fingerprint density at radius 3 is 2.08 bits per heavy atom. The van der Waals surface area contributed by atoms with Crippen LogP contribution in [0.25, 0.3) is 0 Å². The highest BCUT2D eigenvalue weighted by Crippen LogP contribution is 2.55. The van der Waals surface area contributed by atoms with E-state index < -0.39 is 16.2 Å². The average Bonchev–Trinajstić information content (AvgIpc) is 3.11. The molecule has 4 aliphatic heterocycles. The number of nitrogens with zero attached hydrogens (tertiary/aromatic N) is 2. The van der Waals surface area contributed by atoms with Crippen molar-refractivity contribution in [3.63, 3.8) is 0 Å². The largest absolute Gasteiger partial charge is 0.493 e. The Bertz CT molecular complexity index is 2110. The molecule has 6 bridgehead atoms. The number of halogens is 1. The topological polar surface area (TPSA) is 116 Å². The molecule has 0 amide bonds. The van der Waals surface area contributed by atoms with Crippen molar-refractivity contribution in [1.29, 1.82) is 0 Å². The quantitative estimate of drug-likeness (QED) is 0.208. The summed E-state index contributed by atoms with van der Waals surface area (Å²) in [5.74, 6) is 3.43. The number of benzene rings is 4. The van der Waals surface area contributed by atoms with E-state index in [-0.39, 0.29) is 23.1 Å². The number of likely N-dealkylation sites (N-methyl/N-ethyl adjacent to an activating group) is 2. The van der Waals surface area contributed by atoms with Crippen LogP contribution in [0.15, 0.2) is 57.9 Å². The summed E-state index contributed by atoms with van der Waals surface area (Å²) in [6.45, 7) is 1.54. The summed E-state index contributed by atoms with van der Waals surface area (Å²) in [6, 6.07) is 14.6. The van der Waals surface area contributed by atoms with Gasteiger partial charge in [-0.1, -0.05) is 12.1 Å². The van der Waals surface area contributed by atoms with Gasteiger partial charge in [0.25, 0.3) is 10.1 Å². The zero-order valence-electron chi connectivity index (χ0n) is 29.4. The third kappa shape index (κ3) is 6.39. The van der Waals surface area contributed by atoms with Crippen molar-refractivity contribution < 1.29 is 41.4 Å². The third-order valence-electron chi connectivity index (χ3n) is 10.3. The van der Waals surface area contributed by atoms with Gasteiger partial charge >= 0.3 is 0 Å². The molecule has 4 aromatic carbocycles. The van der Waals surface area contributed by atoms with Crippen LogP contribution >= 0.6 is 15.9 Å². The van der Waals surface area contributed by atoms with Gasteiger partial charge in [-0.25, -0.2) is 0 Å². The molecule has 0 fully saturated rings. The summed E-state index contributed by atoms with van der Waals surface area (Å²) in [7, 11) is 5.65. The molecule has 2 atom stereocenters. The summed E-state index contributed by atoms with van der Waals surface area (Å²) >= 11 is 3.80. The van der Waals surface area contributed by atoms with Crippen LogP contribution in [0, 0.1) is 0 Å². The van der Waals surface area contributed by atoms with Gasteiger partial charge in [0.15, 0.2) is 34.5 Å². The van der Waals surface area contributed by atoms with Crippen LogP contribution in [0.5, 0.6) is 46.0 Å². The Kier molecular flexibility index (Phi) is 9.61. The van der Waals surface area contributed by atoms with E-state index in [1.54, 1.807) is 27.4 Å². The fraction of sp³-hybridized carbons (Fsp3) is 0.368. The van der Waals surface area contributed by atoms with E-state index in [0.717, 1.165) is 46.1 Å². The van der Waals surface area contributed by atoms with Crippen molar-refractivity contribution in [2.24, 2.45) is 0 Å². The first-order valence-corrected chi connectivity index (χ1v) is 18.9. The molecule has 51 heavy (non-hydrogen) atoms. The van der Waals surface area contributed by atoms with E-state index in [4.69, 9.17) is 28.4 Å². The van der Waals surface area contributed by atoms with Crippen LogP contribution in [0.2, 0.25) is 0 Å². The molecule has 1 N–H and O–H groups in total. The highest BCUT2D eigenvalue weighted by Gasteiger charge is 2.37. The molecule has 0 aromatic heterocycles. The minimum atomic E-state index is -4.67. The number of fused-ring (bicyclic) bond motifs is 2. The molecule has 11 nitrogen and oxygen atoms in total. The zero-order chi connectivity index (χ0) is 36.2. The highest BCUT2D eigenvalue weighted by atomic mass is 79.9. The van der Waals surface area contributed by atoms with Crippen molar-refractivity contribution in [3.05, 3.63) is 86.4 Å². The van der Waals surface area contributed by atoms with Gasteiger partial charge in [0.1, 0.15) is 10.6 Å². The third-order valence-corrected chi connectivity index (χ3v) is 12.1. The fourth-order valence-corrected chi connectivity index (χ4v) is 9.11. The summed E-state index contributed by atoms with van der Waals surface area (Å²) in [5, 5.41) is 0. The van der Waals surface area contributed by atoms with Crippen LogP contribution in [0.3, 0.4) is 0 Å². The van der Waals surface area contributed by atoms with E-state index in [2.05, 4.69) is 44.9 Å². The number of hydrogen-bond donors (Lipinski definition) is 1. The summed E-state index contributed by atoms with van der Waals surface area (Å²) in [4.78, 5) is 4.23. The van der Waals surface area contributed by atoms with E-state index in [0.29, 0.717) is 58.8 Å². The molecule has 4 aliphatic rings. The lowest BCUT2D eigenvalue weighted by molar-refractivity contribution is 0.219. The molecule has 4 aromatic rings. The number of rotatable bonds is 5. The Morgan fingerprint density at radius 1 is 0.765 bits per heavy atom. The summed E-state index contributed by atoms with van der Waals surface area (Å²) in [5.41, 5.74) is 5.51. The van der Waals surface area contributed by atoms with Crippen LogP contribution in [-0.4, -0.2) is 78.4 Å². The molecule has 270 valence electrons. The molecule has 8 rings (SSSR count). The first-order chi connectivity index (χ1) is 24.4. The second-order valence-electron chi connectivity index (χ2n) is 13.1. The molecule has 0 aliphatic carbocycles. The maximum absolute atomic E-state index is 12.9. The molecule has 0 radical (unpaired) electrons. The van der Waals surface area contributed by atoms with Gasteiger partial charge in [-0.05, 0) is 114 Å². The van der Waals surface area contributed by atoms with Crippen molar-refractivity contribution in [3.8, 4) is 46.0 Å². The first kappa shape index (κ1) is 35.4. The standard InChI is InChI=1S/C38H41BrN2O9S/c1-40-13-11-22-17-29(45-3)32-19-26(22)27(40)15-21-7-9-24(10-8-21)49-31-18-23(33(51(42,43)44)20-30(31)46-4)16-28-34-25(12-14-41(28)2)35(39)37(47-5)38(48-6)36(34)50-32/h7-10,17-20,27-28H,11-16H2,1-6H3,(H,42,43,44)/t27-,28-/m0/s1. The Balaban J connectivity index is 1.53. The highest BCUT2D eigenvalue weighted by molar-refractivity contribution is 9.10. The van der Waals surface area contributed by atoms with Crippen LogP contribution in [0.4, 0.5) is 0 Å². The lowest BCUT2D eigenvalue weighted by Gasteiger charge is -2.38. The number of ether oxygens (including phenoxy) is 6. The number of methoxy groups -OCH3 is 4. The Labute approximate surface area is 306 Å². The second kappa shape index (κ2) is 13.8. The molecule has 0 unspecified atom stereocenters. The average molecular weight is 782 g/mol. The van der Waals surface area contributed by atoms with Gasteiger partial charge in [-0.2, -0.15) is 8.42 Å². The molecular formula is C38H41BrN2O9S. The van der Waals surface area contributed by atoms with E-state index in [9.17, 15) is 13.0 Å². The molecule has 4 heterocycles. The zero-order valence-corrected chi connectivity index (χ0v) is 31.8.